The van der Waals surface area contributed by atoms with Crippen molar-refractivity contribution in [2.24, 2.45) is 0 Å². The zero-order chi connectivity index (χ0) is 9.54. The third-order valence-corrected chi connectivity index (χ3v) is 3.51. The van der Waals surface area contributed by atoms with E-state index in [1.54, 1.807) is 0 Å². The van der Waals surface area contributed by atoms with Crippen molar-refractivity contribution in [1.82, 2.24) is 14.7 Å². The summed E-state index contributed by atoms with van der Waals surface area (Å²) in [4.78, 5) is 7.38. The molecule has 3 rings (SSSR count). The second-order valence-electron chi connectivity index (χ2n) is 4.43. The minimum atomic E-state index is 0.470. The average Bonchev–Trinajstić information content (AvgIpc) is 2.66. The minimum Gasteiger partial charge on any atom is -0.348 e. The predicted molar refractivity (Wildman–Crippen MR) is 56.3 cm³/mol. The van der Waals surface area contributed by atoms with Gasteiger partial charge in [0.05, 0.1) is 0 Å². The highest BCUT2D eigenvalue weighted by atomic mass is 15.6. The second kappa shape index (κ2) is 3.02. The molecule has 0 amide bonds. The van der Waals surface area contributed by atoms with E-state index < -0.39 is 0 Å². The van der Waals surface area contributed by atoms with E-state index in [4.69, 9.17) is 0 Å². The Bertz CT molecular complexity index is 284. The Kier molecular flexibility index (Phi) is 1.80. The molecule has 0 spiro atoms. The molecule has 0 aliphatic carbocycles. The lowest BCUT2D eigenvalue weighted by molar-refractivity contribution is 0.0595. The zero-order valence-corrected chi connectivity index (χ0v) is 8.63. The van der Waals surface area contributed by atoms with Crippen LogP contribution in [0.25, 0.3) is 0 Å². The van der Waals surface area contributed by atoms with Crippen molar-refractivity contribution >= 4 is 0 Å². The zero-order valence-electron chi connectivity index (χ0n) is 8.63. The van der Waals surface area contributed by atoms with E-state index in [9.17, 15) is 0 Å². The highest BCUT2D eigenvalue weighted by Crippen LogP contribution is 2.31. The maximum atomic E-state index is 2.62. The number of rotatable bonds is 0. The molecule has 0 aromatic rings. The largest absolute Gasteiger partial charge is 0.348 e. The van der Waals surface area contributed by atoms with Gasteiger partial charge < -0.3 is 9.80 Å². The van der Waals surface area contributed by atoms with Gasteiger partial charge in [-0.05, 0) is 25.0 Å². The van der Waals surface area contributed by atoms with Crippen molar-refractivity contribution in [3.63, 3.8) is 0 Å². The maximum Gasteiger partial charge on any atom is 0.159 e. The predicted octanol–water partition coefficient (Wildman–Crippen LogP) is 1.02. The monoisotopic (exact) mass is 191 g/mol. The van der Waals surface area contributed by atoms with Crippen molar-refractivity contribution in [3.8, 4) is 0 Å². The number of allylic oxidation sites excluding steroid dienone is 2. The number of hydrogen-bond acceptors (Lipinski definition) is 3. The third-order valence-electron chi connectivity index (χ3n) is 3.51. The van der Waals surface area contributed by atoms with Crippen LogP contribution in [0.4, 0.5) is 0 Å². The van der Waals surface area contributed by atoms with Crippen LogP contribution in [0.5, 0.6) is 0 Å². The van der Waals surface area contributed by atoms with Crippen molar-refractivity contribution in [2.75, 3.05) is 20.1 Å². The molecular formula is C11H17N3. The highest BCUT2D eigenvalue weighted by Gasteiger charge is 2.42. The Hall–Kier alpha value is -0.960. The quantitative estimate of drug-likeness (QED) is 0.566. The lowest BCUT2D eigenvalue weighted by Crippen LogP contribution is -2.46. The summed E-state index contributed by atoms with van der Waals surface area (Å²) in [6, 6.07) is 0.790. The van der Waals surface area contributed by atoms with Crippen LogP contribution in [-0.4, -0.2) is 47.2 Å². The van der Waals surface area contributed by atoms with Crippen LogP contribution in [0.3, 0.4) is 0 Å². The van der Waals surface area contributed by atoms with Gasteiger partial charge in [-0.15, -0.1) is 0 Å². The standard InChI is InChI=1S/C11H17N3/c1-12-6-2-3-7-13-9-10-5-4-8-14(10)11(12)13/h2-3,6-7,10-11H,4-5,8-9H2,1H3/t10-,11?/m1/s1. The molecule has 3 heteroatoms. The molecule has 0 radical (unpaired) electrons. The van der Waals surface area contributed by atoms with Gasteiger partial charge in [0.1, 0.15) is 0 Å². The first kappa shape index (κ1) is 8.36. The Morgan fingerprint density at radius 3 is 3.00 bits per heavy atom. The molecule has 76 valence electrons. The molecule has 3 heterocycles. The van der Waals surface area contributed by atoms with E-state index in [1.165, 1.54) is 25.9 Å². The minimum absolute atomic E-state index is 0.470. The van der Waals surface area contributed by atoms with E-state index in [1.807, 2.05) is 0 Å². The van der Waals surface area contributed by atoms with Crippen molar-refractivity contribution in [2.45, 2.75) is 25.2 Å². The van der Waals surface area contributed by atoms with E-state index in [-0.39, 0.29) is 0 Å². The number of fused-ring (bicyclic) bond motifs is 3. The molecule has 3 nitrogen and oxygen atoms in total. The van der Waals surface area contributed by atoms with Gasteiger partial charge in [-0.2, -0.15) is 0 Å². The second-order valence-corrected chi connectivity index (χ2v) is 4.43. The van der Waals surface area contributed by atoms with Crippen LogP contribution in [0.2, 0.25) is 0 Å². The van der Waals surface area contributed by atoms with Gasteiger partial charge in [0.2, 0.25) is 0 Å². The van der Waals surface area contributed by atoms with Crippen molar-refractivity contribution < 1.29 is 0 Å². The van der Waals surface area contributed by atoms with E-state index in [2.05, 4.69) is 46.3 Å². The molecule has 2 fully saturated rings. The van der Waals surface area contributed by atoms with Gasteiger partial charge in [-0.3, -0.25) is 4.90 Å². The molecule has 0 aromatic heterocycles. The van der Waals surface area contributed by atoms with E-state index in [0.29, 0.717) is 6.29 Å². The number of nitrogens with zero attached hydrogens (tertiary/aromatic N) is 3. The first-order valence-electron chi connectivity index (χ1n) is 5.45. The van der Waals surface area contributed by atoms with Gasteiger partial charge >= 0.3 is 0 Å². The third kappa shape index (κ3) is 1.08. The van der Waals surface area contributed by atoms with Crippen molar-refractivity contribution in [3.05, 3.63) is 24.6 Å². The van der Waals surface area contributed by atoms with Gasteiger partial charge in [0.15, 0.2) is 6.29 Å². The summed E-state index contributed by atoms with van der Waals surface area (Å²) in [6.45, 7) is 2.46. The first-order valence-corrected chi connectivity index (χ1v) is 5.45. The average molecular weight is 191 g/mol. The topological polar surface area (TPSA) is 9.72 Å². The Balaban J connectivity index is 1.90. The number of hydrogen-bond donors (Lipinski definition) is 0. The van der Waals surface area contributed by atoms with Crippen LogP contribution >= 0.6 is 0 Å². The molecule has 3 aliphatic heterocycles. The summed E-state index contributed by atoms with van der Waals surface area (Å²) >= 11 is 0. The van der Waals surface area contributed by atoms with Gasteiger partial charge in [0.25, 0.3) is 0 Å². The fourth-order valence-electron chi connectivity index (χ4n) is 2.91. The maximum absolute atomic E-state index is 2.62. The molecule has 2 saturated heterocycles. The summed E-state index contributed by atoms with van der Waals surface area (Å²) in [5, 5.41) is 0. The highest BCUT2D eigenvalue weighted by molar-refractivity contribution is 5.10. The van der Waals surface area contributed by atoms with Crippen LogP contribution in [-0.2, 0) is 0 Å². The van der Waals surface area contributed by atoms with Crippen LogP contribution in [0.1, 0.15) is 12.8 Å². The molecule has 3 aliphatic rings. The summed E-state index contributed by atoms with van der Waals surface area (Å²) < 4.78 is 0. The first-order chi connectivity index (χ1) is 6.86. The fraction of sp³-hybridized carbons (Fsp3) is 0.636. The summed E-state index contributed by atoms with van der Waals surface area (Å²) in [7, 11) is 2.17. The lowest BCUT2D eigenvalue weighted by Gasteiger charge is -2.34. The SMILES string of the molecule is CN1C=CC=CN2C[C@H]3CCCN3C12. The van der Waals surface area contributed by atoms with Gasteiger partial charge in [-0.25, -0.2) is 0 Å². The molecule has 2 atom stereocenters. The summed E-state index contributed by atoms with van der Waals surface area (Å²) in [5.41, 5.74) is 0. The molecule has 0 N–H and O–H groups in total. The lowest BCUT2D eigenvalue weighted by atomic mass is 10.2. The Morgan fingerprint density at radius 2 is 2.07 bits per heavy atom. The van der Waals surface area contributed by atoms with Crippen molar-refractivity contribution in [1.29, 1.82) is 0 Å². The van der Waals surface area contributed by atoms with Crippen LogP contribution in [0, 0.1) is 0 Å². The normalized spacial score (nSPS) is 36.1. The summed E-state index contributed by atoms with van der Waals surface area (Å²) in [5.74, 6) is 0. The molecule has 0 bridgehead atoms. The van der Waals surface area contributed by atoms with E-state index >= 15 is 0 Å². The molecular weight excluding hydrogens is 174 g/mol. The molecule has 0 saturated carbocycles. The molecule has 14 heavy (non-hydrogen) atoms. The van der Waals surface area contributed by atoms with E-state index in [0.717, 1.165) is 6.04 Å². The van der Waals surface area contributed by atoms with Crippen LogP contribution < -0.4 is 0 Å². The Labute approximate surface area is 85.3 Å². The van der Waals surface area contributed by atoms with Crippen LogP contribution in [0.15, 0.2) is 24.6 Å². The van der Waals surface area contributed by atoms with Gasteiger partial charge in [0, 0.05) is 38.6 Å². The smallest absolute Gasteiger partial charge is 0.159 e. The fourth-order valence-corrected chi connectivity index (χ4v) is 2.91. The molecule has 1 unspecified atom stereocenters. The Morgan fingerprint density at radius 1 is 1.21 bits per heavy atom. The molecule has 0 aromatic carbocycles. The summed E-state index contributed by atoms with van der Waals surface area (Å²) in [6.07, 6.45) is 11.9. The van der Waals surface area contributed by atoms with Gasteiger partial charge in [-0.1, -0.05) is 0 Å².